The largest absolute Gasteiger partial charge is 0.373 e. The summed E-state index contributed by atoms with van der Waals surface area (Å²) >= 11 is 0. The van der Waals surface area contributed by atoms with E-state index in [0.717, 1.165) is 29.6 Å². The molecule has 0 saturated carbocycles. The van der Waals surface area contributed by atoms with Gasteiger partial charge in [-0.05, 0) is 12.3 Å². The number of hydrogen-bond donors (Lipinski definition) is 1. The van der Waals surface area contributed by atoms with Gasteiger partial charge in [-0.25, -0.2) is 9.97 Å². The van der Waals surface area contributed by atoms with Crippen LogP contribution in [0.25, 0.3) is 0 Å². The zero-order valence-electron chi connectivity index (χ0n) is 14.5. The Balaban J connectivity index is 3.31. The van der Waals surface area contributed by atoms with Crippen LogP contribution in [0.3, 0.4) is 0 Å². The molecular weight excluding hydrogens is 248 g/mol. The molecule has 1 aromatic rings. The first-order valence-electron chi connectivity index (χ1n) is 7.24. The molecule has 0 bridgehead atoms. The van der Waals surface area contributed by atoms with Crippen molar-refractivity contribution < 1.29 is 0 Å². The molecule has 0 atom stereocenters. The molecule has 1 aromatic heterocycles. The average Bonchev–Trinajstić information content (AvgIpc) is 2.25. The van der Waals surface area contributed by atoms with Gasteiger partial charge in [-0.3, -0.25) is 0 Å². The number of rotatable bonds is 3. The molecule has 1 rings (SSSR count). The van der Waals surface area contributed by atoms with E-state index in [1.165, 1.54) is 0 Å². The minimum absolute atomic E-state index is 0.0589. The molecule has 1 N–H and O–H groups in total. The van der Waals surface area contributed by atoms with Crippen LogP contribution in [0.1, 0.15) is 52.9 Å². The normalized spacial score (nSPS) is 12.4. The SMILES string of the molecule is CNc1nc(C(C)(C)C)nc(N(C)CC(C)(C)C)c1C. The topological polar surface area (TPSA) is 41.1 Å². The predicted molar refractivity (Wildman–Crippen MR) is 87.7 cm³/mol. The van der Waals surface area contributed by atoms with E-state index in [1.54, 1.807) is 0 Å². The molecule has 0 radical (unpaired) electrons. The van der Waals surface area contributed by atoms with E-state index in [4.69, 9.17) is 4.98 Å². The van der Waals surface area contributed by atoms with E-state index in [0.29, 0.717) is 0 Å². The van der Waals surface area contributed by atoms with E-state index in [-0.39, 0.29) is 10.8 Å². The van der Waals surface area contributed by atoms with Gasteiger partial charge in [0.05, 0.1) is 0 Å². The molecule has 4 heteroatoms. The Hall–Kier alpha value is -1.32. The maximum atomic E-state index is 4.81. The molecule has 20 heavy (non-hydrogen) atoms. The van der Waals surface area contributed by atoms with Crippen molar-refractivity contribution in [2.24, 2.45) is 5.41 Å². The molecule has 0 aliphatic rings. The molecule has 0 fully saturated rings. The van der Waals surface area contributed by atoms with E-state index in [9.17, 15) is 0 Å². The van der Waals surface area contributed by atoms with Crippen LogP contribution in [-0.2, 0) is 5.41 Å². The van der Waals surface area contributed by atoms with Crippen LogP contribution >= 0.6 is 0 Å². The molecule has 114 valence electrons. The first-order valence-corrected chi connectivity index (χ1v) is 7.24. The Kier molecular flexibility index (Phi) is 4.67. The summed E-state index contributed by atoms with van der Waals surface area (Å²) in [4.78, 5) is 11.7. The zero-order valence-corrected chi connectivity index (χ0v) is 14.5. The first-order chi connectivity index (χ1) is 8.95. The van der Waals surface area contributed by atoms with Gasteiger partial charge in [0.25, 0.3) is 0 Å². The Bertz CT molecular complexity index is 467. The average molecular weight is 278 g/mol. The van der Waals surface area contributed by atoms with Crippen LogP contribution in [0, 0.1) is 12.3 Å². The maximum Gasteiger partial charge on any atom is 0.138 e. The first kappa shape index (κ1) is 16.7. The Morgan fingerprint density at radius 2 is 1.60 bits per heavy atom. The van der Waals surface area contributed by atoms with Crippen molar-refractivity contribution in [2.45, 2.75) is 53.9 Å². The number of aromatic nitrogens is 2. The Morgan fingerprint density at radius 3 is 2.00 bits per heavy atom. The van der Waals surface area contributed by atoms with Gasteiger partial charge in [0.1, 0.15) is 17.5 Å². The van der Waals surface area contributed by atoms with Crippen LogP contribution in [0.2, 0.25) is 0 Å². The van der Waals surface area contributed by atoms with Crippen molar-refractivity contribution in [1.29, 1.82) is 0 Å². The van der Waals surface area contributed by atoms with Gasteiger partial charge in [0.2, 0.25) is 0 Å². The zero-order chi connectivity index (χ0) is 15.7. The molecule has 4 nitrogen and oxygen atoms in total. The molecular formula is C16H30N4. The van der Waals surface area contributed by atoms with Crippen molar-refractivity contribution >= 4 is 11.6 Å². The highest BCUT2D eigenvalue weighted by Crippen LogP contribution is 2.29. The number of nitrogens with zero attached hydrogens (tertiary/aromatic N) is 3. The van der Waals surface area contributed by atoms with Crippen LogP contribution in [0.4, 0.5) is 11.6 Å². The summed E-state index contributed by atoms with van der Waals surface area (Å²) < 4.78 is 0. The fraction of sp³-hybridized carbons (Fsp3) is 0.750. The monoisotopic (exact) mass is 278 g/mol. The fourth-order valence-electron chi connectivity index (χ4n) is 2.24. The lowest BCUT2D eigenvalue weighted by Crippen LogP contribution is -2.31. The number of anilines is 2. The van der Waals surface area contributed by atoms with Crippen LogP contribution in [0.15, 0.2) is 0 Å². The molecule has 0 aromatic carbocycles. The summed E-state index contributed by atoms with van der Waals surface area (Å²) in [5.74, 6) is 2.81. The van der Waals surface area contributed by atoms with Crippen LogP contribution < -0.4 is 10.2 Å². The summed E-state index contributed by atoms with van der Waals surface area (Å²) in [6, 6.07) is 0. The molecule has 0 saturated heterocycles. The number of hydrogen-bond acceptors (Lipinski definition) is 4. The van der Waals surface area contributed by atoms with Crippen molar-refractivity contribution in [1.82, 2.24) is 9.97 Å². The lowest BCUT2D eigenvalue weighted by molar-refractivity contribution is 0.417. The highest BCUT2D eigenvalue weighted by molar-refractivity contribution is 5.58. The maximum absolute atomic E-state index is 4.81. The van der Waals surface area contributed by atoms with Crippen molar-refractivity contribution in [3.63, 3.8) is 0 Å². The van der Waals surface area contributed by atoms with Crippen molar-refractivity contribution in [3.8, 4) is 0 Å². The smallest absolute Gasteiger partial charge is 0.138 e. The molecule has 1 heterocycles. The molecule has 0 unspecified atom stereocenters. The highest BCUT2D eigenvalue weighted by atomic mass is 15.2. The molecule has 0 aliphatic carbocycles. The third-order valence-corrected chi connectivity index (χ3v) is 3.10. The summed E-state index contributed by atoms with van der Waals surface area (Å²) in [5, 5.41) is 3.19. The Morgan fingerprint density at radius 1 is 1.05 bits per heavy atom. The van der Waals surface area contributed by atoms with Gasteiger partial charge in [0.15, 0.2) is 0 Å². The third-order valence-electron chi connectivity index (χ3n) is 3.10. The summed E-state index contributed by atoms with van der Waals surface area (Å²) in [6.45, 7) is 16.2. The molecule has 0 aliphatic heterocycles. The lowest BCUT2D eigenvalue weighted by Gasteiger charge is -2.30. The molecule has 0 amide bonds. The minimum atomic E-state index is -0.0589. The minimum Gasteiger partial charge on any atom is -0.373 e. The van der Waals surface area contributed by atoms with Gasteiger partial charge in [-0.1, -0.05) is 41.5 Å². The van der Waals surface area contributed by atoms with E-state index in [2.05, 4.69) is 70.7 Å². The second-order valence-corrected chi connectivity index (χ2v) is 7.76. The Labute approximate surface area is 124 Å². The lowest BCUT2D eigenvalue weighted by atomic mass is 9.95. The highest BCUT2D eigenvalue weighted by Gasteiger charge is 2.23. The van der Waals surface area contributed by atoms with E-state index >= 15 is 0 Å². The second-order valence-electron chi connectivity index (χ2n) is 7.76. The third kappa shape index (κ3) is 4.09. The summed E-state index contributed by atoms with van der Waals surface area (Å²) in [7, 11) is 4.02. The van der Waals surface area contributed by atoms with Crippen LogP contribution in [0.5, 0.6) is 0 Å². The van der Waals surface area contributed by atoms with Crippen molar-refractivity contribution in [3.05, 3.63) is 11.4 Å². The van der Waals surface area contributed by atoms with Gasteiger partial charge in [-0.15, -0.1) is 0 Å². The summed E-state index contributed by atoms with van der Waals surface area (Å²) in [6.07, 6.45) is 0. The van der Waals surface area contributed by atoms with E-state index in [1.807, 2.05) is 7.05 Å². The number of nitrogens with one attached hydrogen (secondary N) is 1. The summed E-state index contributed by atoms with van der Waals surface area (Å²) in [5.41, 5.74) is 1.28. The predicted octanol–water partition coefficient (Wildman–Crippen LogP) is 3.61. The van der Waals surface area contributed by atoms with Crippen molar-refractivity contribution in [2.75, 3.05) is 30.9 Å². The standard InChI is InChI=1S/C16H30N4/c1-11-12(17-8)18-14(16(5,6)7)19-13(11)20(9)10-15(2,3)4/h10H2,1-9H3,(H,17,18,19). The van der Waals surface area contributed by atoms with Gasteiger partial charge >= 0.3 is 0 Å². The van der Waals surface area contributed by atoms with Gasteiger partial charge in [-0.2, -0.15) is 0 Å². The van der Waals surface area contributed by atoms with Gasteiger partial charge < -0.3 is 10.2 Å². The fourth-order valence-corrected chi connectivity index (χ4v) is 2.24. The second kappa shape index (κ2) is 5.58. The quantitative estimate of drug-likeness (QED) is 0.917. The van der Waals surface area contributed by atoms with Gasteiger partial charge in [0, 0.05) is 31.6 Å². The molecule has 0 spiro atoms. The van der Waals surface area contributed by atoms with E-state index < -0.39 is 0 Å². The van der Waals surface area contributed by atoms with Crippen LogP contribution in [-0.4, -0.2) is 30.6 Å².